The van der Waals surface area contributed by atoms with Crippen LogP contribution in [0.15, 0.2) is 58.1 Å². The molecule has 0 saturated carbocycles. The van der Waals surface area contributed by atoms with E-state index in [-0.39, 0.29) is 24.0 Å². The first-order chi connectivity index (χ1) is 17.4. The number of ether oxygens (including phenoxy) is 2. The standard InChI is InChI=1S/C27H29Cl2N3O4S/c1-14(2)21-23(24(33)35-6)37-25-31-20(22(32(21)25)15-7-10-17(28)11-8-15)16-9-12-18(29)19(13-16)30-26(34)36-27(3,4)5/h7-14,20,22H,1-6H3,(H,30,34)/t20-,22+/m0/s1. The molecule has 0 bridgehead atoms. The van der Waals surface area contributed by atoms with Gasteiger partial charge in [0.15, 0.2) is 5.17 Å². The van der Waals surface area contributed by atoms with Crippen molar-refractivity contribution in [2.45, 2.75) is 52.3 Å². The van der Waals surface area contributed by atoms with Crippen molar-refractivity contribution in [2.75, 3.05) is 12.4 Å². The van der Waals surface area contributed by atoms with E-state index in [1.165, 1.54) is 18.9 Å². The molecule has 4 rings (SSSR count). The van der Waals surface area contributed by atoms with Gasteiger partial charge < -0.3 is 14.4 Å². The molecule has 2 atom stereocenters. The minimum atomic E-state index is -0.649. The van der Waals surface area contributed by atoms with E-state index >= 15 is 0 Å². The van der Waals surface area contributed by atoms with Crippen molar-refractivity contribution in [3.63, 3.8) is 0 Å². The number of benzene rings is 2. The number of fused-ring (bicyclic) bond motifs is 1. The Morgan fingerprint density at radius 3 is 2.32 bits per heavy atom. The van der Waals surface area contributed by atoms with Gasteiger partial charge in [0, 0.05) is 10.7 Å². The number of esters is 1. The maximum Gasteiger partial charge on any atom is 0.412 e. The van der Waals surface area contributed by atoms with Gasteiger partial charge in [0.1, 0.15) is 16.5 Å². The third-order valence-electron chi connectivity index (χ3n) is 5.82. The number of hydrogen-bond acceptors (Lipinski definition) is 7. The first-order valence-electron chi connectivity index (χ1n) is 11.8. The molecule has 2 aliphatic heterocycles. The Balaban J connectivity index is 1.77. The summed E-state index contributed by atoms with van der Waals surface area (Å²) in [5.74, 6) is -0.343. The van der Waals surface area contributed by atoms with Crippen molar-refractivity contribution < 1.29 is 19.1 Å². The van der Waals surface area contributed by atoms with Gasteiger partial charge in [-0.1, -0.05) is 55.2 Å². The fraction of sp³-hybridized carbons (Fsp3) is 0.370. The van der Waals surface area contributed by atoms with Gasteiger partial charge in [0.05, 0.1) is 23.9 Å². The van der Waals surface area contributed by atoms with E-state index in [9.17, 15) is 9.59 Å². The fourth-order valence-corrected chi connectivity index (χ4v) is 5.91. The number of amidine groups is 1. The predicted octanol–water partition coefficient (Wildman–Crippen LogP) is 7.58. The molecular weight excluding hydrogens is 533 g/mol. The lowest BCUT2D eigenvalue weighted by Crippen LogP contribution is -2.29. The molecule has 196 valence electrons. The van der Waals surface area contributed by atoms with Gasteiger partial charge in [-0.15, -0.1) is 0 Å². The highest BCUT2D eigenvalue weighted by atomic mass is 35.5. The number of methoxy groups -OCH3 is 1. The summed E-state index contributed by atoms with van der Waals surface area (Å²) >= 11 is 13.9. The summed E-state index contributed by atoms with van der Waals surface area (Å²) < 4.78 is 10.5. The van der Waals surface area contributed by atoms with Crippen LogP contribution in [0.2, 0.25) is 10.0 Å². The van der Waals surface area contributed by atoms with Crippen molar-refractivity contribution in [3.05, 3.63) is 74.2 Å². The molecule has 2 aromatic rings. The van der Waals surface area contributed by atoms with E-state index in [0.29, 0.717) is 25.8 Å². The normalized spacial score (nSPS) is 19.2. The van der Waals surface area contributed by atoms with Crippen molar-refractivity contribution in [2.24, 2.45) is 10.9 Å². The first-order valence-corrected chi connectivity index (χ1v) is 13.4. The molecule has 0 saturated heterocycles. The number of allylic oxidation sites excluding steroid dienone is 1. The quantitative estimate of drug-likeness (QED) is 0.379. The van der Waals surface area contributed by atoms with E-state index in [4.69, 9.17) is 37.7 Å². The topological polar surface area (TPSA) is 80.2 Å². The molecule has 2 aliphatic rings. The Bertz CT molecular complexity index is 1290. The Morgan fingerprint density at radius 2 is 1.73 bits per heavy atom. The number of amides is 1. The summed E-state index contributed by atoms with van der Waals surface area (Å²) in [5, 5.41) is 4.47. The maximum absolute atomic E-state index is 12.6. The Hall–Kier alpha value is -2.68. The van der Waals surface area contributed by atoms with Crippen molar-refractivity contribution in [1.29, 1.82) is 0 Å². The summed E-state index contributed by atoms with van der Waals surface area (Å²) in [6, 6.07) is 12.5. The zero-order chi connectivity index (χ0) is 27.1. The Morgan fingerprint density at radius 1 is 1.08 bits per heavy atom. The summed E-state index contributed by atoms with van der Waals surface area (Å²) in [7, 11) is 1.38. The van der Waals surface area contributed by atoms with Crippen LogP contribution in [0.1, 0.15) is 57.8 Å². The zero-order valence-electron chi connectivity index (χ0n) is 21.5. The van der Waals surface area contributed by atoms with E-state index < -0.39 is 11.7 Å². The second kappa shape index (κ2) is 10.6. The Kier molecular flexibility index (Phi) is 7.83. The minimum absolute atomic E-state index is 0.0393. The molecule has 0 radical (unpaired) electrons. The molecule has 0 aromatic heterocycles. The van der Waals surface area contributed by atoms with Crippen LogP contribution in [0, 0.1) is 5.92 Å². The number of carbonyl (C=O) groups is 2. The summed E-state index contributed by atoms with van der Waals surface area (Å²) in [4.78, 5) is 32.8. The fourth-order valence-electron chi connectivity index (χ4n) is 4.36. The lowest BCUT2D eigenvalue weighted by atomic mass is 9.92. The average Bonchev–Trinajstić information content (AvgIpc) is 3.35. The molecule has 1 amide bonds. The SMILES string of the molecule is COC(=O)C1=C(C(C)C)N2C(=N[C@@H](c3ccc(Cl)c(NC(=O)OC(C)(C)C)c3)[C@H]2c2ccc(Cl)cc2)S1. The van der Waals surface area contributed by atoms with E-state index in [1.807, 2.05) is 50.2 Å². The highest BCUT2D eigenvalue weighted by molar-refractivity contribution is 8.18. The number of anilines is 1. The largest absolute Gasteiger partial charge is 0.465 e. The maximum atomic E-state index is 12.6. The first kappa shape index (κ1) is 27.4. The van der Waals surface area contributed by atoms with E-state index in [1.54, 1.807) is 26.8 Å². The molecule has 0 fully saturated rings. The van der Waals surface area contributed by atoms with Gasteiger partial charge in [-0.25, -0.2) is 9.59 Å². The van der Waals surface area contributed by atoms with Crippen LogP contribution in [0.25, 0.3) is 0 Å². The van der Waals surface area contributed by atoms with Gasteiger partial charge in [-0.05, 0) is 73.8 Å². The summed E-state index contributed by atoms with van der Waals surface area (Å²) in [6.45, 7) is 9.47. The molecule has 37 heavy (non-hydrogen) atoms. The number of aliphatic imine (C=N–C) groups is 1. The van der Waals surface area contributed by atoms with Crippen LogP contribution in [0.5, 0.6) is 0 Å². The second-order valence-electron chi connectivity index (χ2n) is 10.1. The highest BCUT2D eigenvalue weighted by Crippen LogP contribution is 2.53. The lowest BCUT2D eigenvalue weighted by molar-refractivity contribution is -0.135. The number of nitrogens with one attached hydrogen (secondary N) is 1. The zero-order valence-corrected chi connectivity index (χ0v) is 23.8. The highest BCUT2D eigenvalue weighted by Gasteiger charge is 2.47. The predicted molar refractivity (Wildman–Crippen MR) is 149 cm³/mol. The number of thioether (sulfide) groups is 1. The molecule has 0 spiro atoms. The number of halogens is 2. The molecule has 2 heterocycles. The van der Waals surface area contributed by atoms with Crippen LogP contribution in [-0.2, 0) is 14.3 Å². The van der Waals surface area contributed by atoms with Crippen LogP contribution in [0.3, 0.4) is 0 Å². The lowest BCUT2D eigenvalue weighted by Gasteiger charge is -2.31. The second-order valence-corrected chi connectivity index (χ2v) is 11.9. The molecule has 2 aromatic carbocycles. The molecule has 1 N–H and O–H groups in total. The van der Waals surface area contributed by atoms with E-state index in [0.717, 1.165) is 16.8 Å². The van der Waals surface area contributed by atoms with Gasteiger partial charge in [0.25, 0.3) is 0 Å². The third-order valence-corrected chi connectivity index (χ3v) is 7.46. The van der Waals surface area contributed by atoms with Gasteiger partial charge in [-0.2, -0.15) is 0 Å². The molecule has 0 unspecified atom stereocenters. The number of carbonyl (C=O) groups excluding carboxylic acids is 2. The molecule has 7 nitrogen and oxygen atoms in total. The van der Waals surface area contributed by atoms with Crippen LogP contribution >= 0.6 is 35.0 Å². The summed E-state index contributed by atoms with van der Waals surface area (Å²) in [5.41, 5.74) is 2.47. The van der Waals surface area contributed by atoms with Crippen LogP contribution in [-0.4, -0.2) is 34.8 Å². The molecule has 0 aliphatic carbocycles. The third kappa shape index (κ3) is 5.76. The number of rotatable bonds is 5. The van der Waals surface area contributed by atoms with Crippen molar-refractivity contribution >= 4 is 57.9 Å². The van der Waals surface area contributed by atoms with Crippen LogP contribution in [0.4, 0.5) is 10.5 Å². The van der Waals surface area contributed by atoms with Crippen molar-refractivity contribution in [3.8, 4) is 0 Å². The van der Waals surface area contributed by atoms with Crippen molar-refractivity contribution in [1.82, 2.24) is 4.90 Å². The Labute approximate surface area is 231 Å². The molecule has 10 heteroatoms. The van der Waals surface area contributed by atoms with Gasteiger partial charge in [-0.3, -0.25) is 10.3 Å². The minimum Gasteiger partial charge on any atom is -0.465 e. The van der Waals surface area contributed by atoms with Gasteiger partial charge >= 0.3 is 12.1 Å². The number of hydrogen-bond donors (Lipinski definition) is 1. The summed E-state index contributed by atoms with van der Waals surface area (Å²) in [6.07, 6.45) is -0.595. The number of nitrogens with zero attached hydrogens (tertiary/aromatic N) is 2. The molecular formula is C27H29Cl2N3O4S. The average molecular weight is 563 g/mol. The van der Waals surface area contributed by atoms with Crippen LogP contribution < -0.4 is 5.32 Å². The van der Waals surface area contributed by atoms with Gasteiger partial charge in [0.2, 0.25) is 0 Å². The van der Waals surface area contributed by atoms with E-state index in [2.05, 4.69) is 10.2 Å². The smallest absolute Gasteiger partial charge is 0.412 e. The monoisotopic (exact) mass is 561 g/mol.